The monoisotopic (exact) mass is 373 g/mol. The van der Waals surface area contributed by atoms with Crippen LogP contribution in [-0.4, -0.2) is 43.1 Å². The molecule has 0 unspecified atom stereocenters. The molecule has 1 atom stereocenters. The third-order valence-corrected chi connectivity index (χ3v) is 4.10. The fourth-order valence-corrected chi connectivity index (χ4v) is 2.72. The topological polar surface area (TPSA) is 79.9 Å². The Labute approximate surface area is 156 Å². The summed E-state index contributed by atoms with van der Waals surface area (Å²) in [5.41, 5.74) is 0.403. The van der Waals surface area contributed by atoms with Crippen LogP contribution in [0.4, 0.5) is 14.9 Å². The van der Waals surface area contributed by atoms with Gasteiger partial charge in [0.2, 0.25) is 0 Å². The van der Waals surface area contributed by atoms with E-state index in [1.54, 1.807) is 37.3 Å². The standard InChI is InChI=1S/C19H20FN3O4/c1-12(18(24)23-10-9-21-19(23)25)22-13-7-8-15(14(20)11-13)27-17-6-4-3-5-16(17)26-2/h3-8,11-12,22H,9-10H2,1-2H3,(H,21,25)/t12-/m1/s1. The van der Waals surface area contributed by atoms with Gasteiger partial charge in [-0.2, -0.15) is 0 Å². The van der Waals surface area contributed by atoms with Crippen molar-refractivity contribution < 1.29 is 23.5 Å². The second kappa shape index (κ2) is 7.94. The number of hydrogen-bond acceptors (Lipinski definition) is 5. The second-order valence-corrected chi connectivity index (χ2v) is 5.99. The zero-order valence-electron chi connectivity index (χ0n) is 15.0. The molecule has 1 saturated heterocycles. The molecule has 3 rings (SSSR count). The molecule has 8 heteroatoms. The van der Waals surface area contributed by atoms with Gasteiger partial charge in [0.1, 0.15) is 6.04 Å². The number of nitrogens with one attached hydrogen (secondary N) is 2. The number of hydrogen-bond donors (Lipinski definition) is 2. The lowest BCUT2D eigenvalue weighted by Crippen LogP contribution is -2.43. The third kappa shape index (κ3) is 4.11. The van der Waals surface area contributed by atoms with Crippen molar-refractivity contribution in [1.82, 2.24) is 10.2 Å². The molecule has 7 nitrogen and oxygen atoms in total. The minimum Gasteiger partial charge on any atom is -0.493 e. The first-order chi connectivity index (χ1) is 13.0. The summed E-state index contributed by atoms with van der Waals surface area (Å²) in [6, 6.07) is 10.1. The maximum absolute atomic E-state index is 14.4. The average Bonchev–Trinajstić information content (AvgIpc) is 3.09. The number of anilines is 1. The molecule has 142 valence electrons. The molecule has 2 aromatic rings. The Morgan fingerprint density at radius 2 is 1.96 bits per heavy atom. The van der Waals surface area contributed by atoms with Crippen molar-refractivity contribution in [3.05, 3.63) is 48.3 Å². The normalized spacial score (nSPS) is 14.5. The molecule has 1 aliphatic rings. The Balaban J connectivity index is 1.69. The molecule has 0 aromatic heterocycles. The number of benzene rings is 2. The van der Waals surface area contributed by atoms with E-state index in [1.807, 2.05) is 0 Å². The van der Waals surface area contributed by atoms with E-state index in [4.69, 9.17) is 9.47 Å². The van der Waals surface area contributed by atoms with E-state index in [2.05, 4.69) is 10.6 Å². The quantitative estimate of drug-likeness (QED) is 0.814. The molecule has 0 aliphatic carbocycles. The van der Waals surface area contributed by atoms with Gasteiger partial charge in [0, 0.05) is 24.8 Å². The smallest absolute Gasteiger partial charge is 0.324 e. The lowest BCUT2D eigenvalue weighted by molar-refractivity contribution is -0.128. The number of ether oxygens (including phenoxy) is 2. The number of methoxy groups -OCH3 is 1. The second-order valence-electron chi connectivity index (χ2n) is 5.99. The molecule has 0 radical (unpaired) electrons. The maximum atomic E-state index is 14.4. The van der Waals surface area contributed by atoms with Gasteiger partial charge in [0.05, 0.1) is 7.11 Å². The molecular formula is C19H20FN3O4. The summed E-state index contributed by atoms with van der Waals surface area (Å²) >= 11 is 0. The Bertz CT molecular complexity index is 859. The van der Waals surface area contributed by atoms with E-state index in [0.29, 0.717) is 30.3 Å². The highest BCUT2D eigenvalue weighted by Gasteiger charge is 2.29. The van der Waals surface area contributed by atoms with Crippen LogP contribution in [0.25, 0.3) is 0 Å². The Kier molecular flexibility index (Phi) is 5.44. The molecule has 27 heavy (non-hydrogen) atoms. The number of nitrogens with zero attached hydrogens (tertiary/aromatic N) is 1. The summed E-state index contributed by atoms with van der Waals surface area (Å²) in [4.78, 5) is 25.0. The van der Waals surface area contributed by atoms with Gasteiger partial charge < -0.3 is 20.1 Å². The van der Waals surface area contributed by atoms with Crippen LogP contribution in [0.3, 0.4) is 0 Å². The Morgan fingerprint density at radius 1 is 1.22 bits per heavy atom. The van der Waals surface area contributed by atoms with Crippen LogP contribution in [0.1, 0.15) is 6.92 Å². The number of amides is 3. The zero-order chi connectivity index (χ0) is 19.4. The zero-order valence-corrected chi connectivity index (χ0v) is 15.0. The number of carbonyl (C=O) groups excluding carboxylic acids is 2. The number of halogens is 1. The number of para-hydroxylation sites is 2. The summed E-state index contributed by atoms with van der Waals surface area (Å²) < 4.78 is 25.2. The highest BCUT2D eigenvalue weighted by Crippen LogP contribution is 2.33. The number of urea groups is 1. The Hall–Kier alpha value is -3.29. The van der Waals surface area contributed by atoms with Crippen LogP contribution in [0.2, 0.25) is 0 Å². The van der Waals surface area contributed by atoms with E-state index in [1.165, 1.54) is 19.2 Å². The van der Waals surface area contributed by atoms with Crippen molar-refractivity contribution in [2.75, 3.05) is 25.5 Å². The van der Waals surface area contributed by atoms with Crippen LogP contribution in [-0.2, 0) is 4.79 Å². The molecule has 1 fully saturated rings. The summed E-state index contributed by atoms with van der Waals surface area (Å²) in [5, 5.41) is 5.47. The molecule has 1 aliphatic heterocycles. The molecule has 0 bridgehead atoms. The van der Waals surface area contributed by atoms with Crippen molar-refractivity contribution in [3.63, 3.8) is 0 Å². The van der Waals surface area contributed by atoms with Crippen molar-refractivity contribution >= 4 is 17.6 Å². The summed E-state index contributed by atoms with van der Waals surface area (Å²) in [7, 11) is 1.50. The molecule has 2 aromatic carbocycles. The van der Waals surface area contributed by atoms with Gasteiger partial charge in [-0.3, -0.25) is 9.69 Å². The first-order valence-corrected chi connectivity index (χ1v) is 8.45. The van der Waals surface area contributed by atoms with Gasteiger partial charge in [-0.1, -0.05) is 12.1 Å². The Morgan fingerprint density at radius 3 is 2.59 bits per heavy atom. The predicted octanol–water partition coefficient (Wildman–Crippen LogP) is 2.98. The number of rotatable bonds is 6. The van der Waals surface area contributed by atoms with Gasteiger partial charge in [0.25, 0.3) is 5.91 Å². The van der Waals surface area contributed by atoms with Crippen molar-refractivity contribution in [2.45, 2.75) is 13.0 Å². The summed E-state index contributed by atoms with van der Waals surface area (Å²) in [5.74, 6) is -0.0578. The third-order valence-electron chi connectivity index (χ3n) is 4.10. The van der Waals surface area contributed by atoms with E-state index < -0.39 is 17.9 Å². The lowest BCUT2D eigenvalue weighted by atomic mass is 10.2. The van der Waals surface area contributed by atoms with Crippen molar-refractivity contribution in [1.29, 1.82) is 0 Å². The largest absolute Gasteiger partial charge is 0.493 e. The average molecular weight is 373 g/mol. The summed E-state index contributed by atoms with van der Waals surface area (Å²) in [6.45, 7) is 2.37. The van der Waals surface area contributed by atoms with Gasteiger partial charge in [-0.05, 0) is 31.2 Å². The van der Waals surface area contributed by atoms with Crippen molar-refractivity contribution in [2.24, 2.45) is 0 Å². The van der Waals surface area contributed by atoms with Crippen LogP contribution in [0.5, 0.6) is 17.2 Å². The van der Waals surface area contributed by atoms with Crippen molar-refractivity contribution in [3.8, 4) is 17.2 Å². The minimum absolute atomic E-state index is 0.0305. The molecule has 2 N–H and O–H groups in total. The van der Waals surface area contributed by atoms with Gasteiger partial charge >= 0.3 is 6.03 Å². The van der Waals surface area contributed by atoms with E-state index in [9.17, 15) is 14.0 Å². The molecule has 0 spiro atoms. The molecular weight excluding hydrogens is 353 g/mol. The maximum Gasteiger partial charge on any atom is 0.324 e. The van der Waals surface area contributed by atoms with Crippen LogP contribution in [0.15, 0.2) is 42.5 Å². The van der Waals surface area contributed by atoms with Gasteiger partial charge in [-0.15, -0.1) is 0 Å². The van der Waals surface area contributed by atoms with Crippen LogP contribution in [0, 0.1) is 5.82 Å². The predicted molar refractivity (Wildman–Crippen MR) is 97.7 cm³/mol. The number of imide groups is 1. The fraction of sp³-hybridized carbons (Fsp3) is 0.263. The lowest BCUT2D eigenvalue weighted by Gasteiger charge is -2.20. The first-order valence-electron chi connectivity index (χ1n) is 8.45. The molecule has 0 saturated carbocycles. The summed E-state index contributed by atoms with van der Waals surface area (Å²) in [6.07, 6.45) is 0. The minimum atomic E-state index is -0.686. The molecule has 3 amide bonds. The number of carbonyl (C=O) groups is 2. The van der Waals surface area contributed by atoms with Crippen LogP contribution < -0.4 is 20.1 Å². The van der Waals surface area contributed by atoms with E-state index >= 15 is 0 Å². The van der Waals surface area contributed by atoms with E-state index in [0.717, 1.165) is 4.90 Å². The first kappa shape index (κ1) is 18.5. The highest BCUT2D eigenvalue weighted by molar-refractivity contribution is 5.99. The van der Waals surface area contributed by atoms with E-state index in [-0.39, 0.29) is 11.7 Å². The van der Waals surface area contributed by atoms with Gasteiger partial charge in [-0.25, -0.2) is 9.18 Å². The highest BCUT2D eigenvalue weighted by atomic mass is 19.1. The fourth-order valence-electron chi connectivity index (χ4n) is 2.72. The van der Waals surface area contributed by atoms with Crippen LogP contribution >= 0.6 is 0 Å². The SMILES string of the molecule is COc1ccccc1Oc1ccc(N[C@H](C)C(=O)N2CCNC2=O)cc1F. The molecule has 1 heterocycles. The van der Waals surface area contributed by atoms with Gasteiger partial charge in [0.15, 0.2) is 23.1 Å².